The van der Waals surface area contributed by atoms with Crippen LogP contribution < -0.4 is 5.32 Å². The highest BCUT2D eigenvalue weighted by atomic mass is 35.5. The van der Waals surface area contributed by atoms with Gasteiger partial charge in [0.1, 0.15) is 0 Å². The highest BCUT2D eigenvalue weighted by Gasteiger charge is 2.16. The number of hydrogen-bond acceptors (Lipinski definition) is 3. The Morgan fingerprint density at radius 1 is 1.13 bits per heavy atom. The number of thiophene rings is 2. The number of carbonyl (C=O) groups is 1. The lowest BCUT2D eigenvalue weighted by atomic mass is 10.1. The molecule has 2 aromatic heterocycles. The van der Waals surface area contributed by atoms with Crippen molar-refractivity contribution in [3.05, 3.63) is 85.7 Å². The number of carbonyl (C=O) groups excluding carboxylic acids is 1. The number of nitrogens with one attached hydrogen (secondary N) is 1. The van der Waals surface area contributed by atoms with Crippen LogP contribution in [-0.2, 0) is 4.79 Å². The second-order valence-electron chi connectivity index (χ2n) is 4.90. The van der Waals surface area contributed by atoms with Crippen molar-refractivity contribution >= 4 is 46.3 Å². The molecule has 1 amide bonds. The Balaban J connectivity index is 1.79. The van der Waals surface area contributed by atoms with Crippen LogP contribution in [0, 0.1) is 0 Å². The average molecular weight is 360 g/mol. The predicted octanol–water partition coefficient (Wildman–Crippen LogP) is 5.38. The summed E-state index contributed by atoms with van der Waals surface area (Å²) < 4.78 is 0. The van der Waals surface area contributed by atoms with Crippen molar-refractivity contribution in [1.29, 1.82) is 0 Å². The maximum absolute atomic E-state index is 12.3. The standard InChI is InChI=1S/C18H14ClNOS2/c19-15-6-4-14(5-7-15)18(16-2-1-10-23-16)20-17(21)8-3-13-9-11-22-12-13/h1-12,18H,(H,20,21)/b8-3-/t18-/m1/s1. The Bertz CT molecular complexity index is 777. The molecule has 0 saturated carbocycles. The van der Waals surface area contributed by atoms with Crippen molar-refractivity contribution in [2.24, 2.45) is 0 Å². The fourth-order valence-corrected chi connectivity index (χ4v) is 3.72. The summed E-state index contributed by atoms with van der Waals surface area (Å²) in [4.78, 5) is 13.4. The first-order valence-electron chi connectivity index (χ1n) is 7.02. The minimum Gasteiger partial charge on any atom is -0.341 e. The summed E-state index contributed by atoms with van der Waals surface area (Å²) >= 11 is 9.18. The van der Waals surface area contributed by atoms with E-state index < -0.39 is 0 Å². The molecule has 2 nitrogen and oxygen atoms in total. The van der Waals surface area contributed by atoms with Gasteiger partial charge in [0.15, 0.2) is 0 Å². The van der Waals surface area contributed by atoms with E-state index in [1.165, 1.54) is 0 Å². The maximum atomic E-state index is 12.3. The van der Waals surface area contributed by atoms with Gasteiger partial charge in [0, 0.05) is 16.0 Å². The van der Waals surface area contributed by atoms with Crippen LogP contribution in [-0.4, -0.2) is 5.91 Å². The van der Waals surface area contributed by atoms with Gasteiger partial charge in [-0.1, -0.05) is 29.8 Å². The maximum Gasteiger partial charge on any atom is 0.244 e. The quantitative estimate of drug-likeness (QED) is 0.608. The highest BCUT2D eigenvalue weighted by Crippen LogP contribution is 2.27. The Hall–Kier alpha value is -1.88. The molecule has 0 radical (unpaired) electrons. The van der Waals surface area contributed by atoms with E-state index in [1.807, 2.05) is 64.7 Å². The molecule has 0 bridgehead atoms. The molecule has 2 heterocycles. The number of benzene rings is 1. The third kappa shape index (κ3) is 4.32. The molecular weight excluding hydrogens is 346 g/mol. The molecule has 0 aliphatic heterocycles. The Kier molecular flexibility index (Phi) is 5.28. The van der Waals surface area contributed by atoms with E-state index in [-0.39, 0.29) is 11.9 Å². The molecule has 1 atom stereocenters. The summed E-state index contributed by atoms with van der Waals surface area (Å²) in [7, 11) is 0. The van der Waals surface area contributed by atoms with Crippen LogP contribution in [0.15, 0.2) is 64.7 Å². The van der Waals surface area contributed by atoms with Crippen molar-refractivity contribution in [1.82, 2.24) is 5.32 Å². The minimum atomic E-state index is -0.174. The average Bonchev–Trinajstić information content (AvgIpc) is 3.25. The van der Waals surface area contributed by atoms with E-state index in [1.54, 1.807) is 28.7 Å². The molecule has 5 heteroatoms. The monoisotopic (exact) mass is 359 g/mol. The van der Waals surface area contributed by atoms with Gasteiger partial charge in [-0.2, -0.15) is 11.3 Å². The fraction of sp³-hybridized carbons (Fsp3) is 0.0556. The Morgan fingerprint density at radius 2 is 1.96 bits per heavy atom. The summed E-state index contributed by atoms with van der Waals surface area (Å²) in [6, 6.07) is 13.4. The van der Waals surface area contributed by atoms with Gasteiger partial charge in [0.2, 0.25) is 5.91 Å². The Morgan fingerprint density at radius 3 is 2.61 bits per heavy atom. The molecule has 0 aliphatic rings. The van der Waals surface area contributed by atoms with Gasteiger partial charge in [-0.15, -0.1) is 11.3 Å². The summed E-state index contributed by atoms with van der Waals surface area (Å²) in [5.74, 6) is -0.121. The van der Waals surface area contributed by atoms with Crippen molar-refractivity contribution in [2.45, 2.75) is 6.04 Å². The van der Waals surface area contributed by atoms with Gasteiger partial charge in [0.05, 0.1) is 6.04 Å². The van der Waals surface area contributed by atoms with Crippen molar-refractivity contribution in [3.63, 3.8) is 0 Å². The second kappa shape index (κ2) is 7.59. The number of rotatable bonds is 5. The van der Waals surface area contributed by atoms with Crippen molar-refractivity contribution < 1.29 is 4.79 Å². The van der Waals surface area contributed by atoms with Gasteiger partial charge in [0.25, 0.3) is 0 Å². The lowest BCUT2D eigenvalue weighted by Gasteiger charge is -2.17. The fourth-order valence-electron chi connectivity index (χ4n) is 2.16. The SMILES string of the molecule is O=C(/C=C\c1ccsc1)N[C@H](c1ccc(Cl)cc1)c1cccs1. The molecule has 0 unspecified atom stereocenters. The zero-order chi connectivity index (χ0) is 16.1. The van der Waals surface area contributed by atoms with E-state index in [0.29, 0.717) is 5.02 Å². The van der Waals surface area contributed by atoms with Crippen molar-refractivity contribution in [3.8, 4) is 0 Å². The summed E-state index contributed by atoms with van der Waals surface area (Å²) in [5, 5.41) is 9.74. The third-order valence-electron chi connectivity index (χ3n) is 3.29. The third-order valence-corrected chi connectivity index (χ3v) is 5.18. The largest absolute Gasteiger partial charge is 0.341 e. The van der Waals surface area contributed by atoms with Crippen LogP contribution in [0.5, 0.6) is 0 Å². The van der Waals surface area contributed by atoms with E-state index in [2.05, 4.69) is 5.32 Å². The van der Waals surface area contributed by atoms with Crippen LogP contribution in [0.4, 0.5) is 0 Å². The van der Waals surface area contributed by atoms with Crippen LogP contribution in [0.1, 0.15) is 22.0 Å². The molecule has 0 aliphatic carbocycles. The van der Waals surface area contributed by atoms with E-state index in [4.69, 9.17) is 11.6 Å². The van der Waals surface area contributed by atoms with Crippen LogP contribution in [0.3, 0.4) is 0 Å². The molecule has 3 rings (SSSR count). The van der Waals surface area contributed by atoms with Gasteiger partial charge in [-0.3, -0.25) is 4.79 Å². The lowest BCUT2D eigenvalue weighted by molar-refractivity contribution is -0.116. The molecule has 3 aromatic rings. The number of hydrogen-bond donors (Lipinski definition) is 1. The summed E-state index contributed by atoms with van der Waals surface area (Å²) in [6.45, 7) is 0. The molecule has 1 N–H and O–H groups in total. The van der Waals surface area contributed by atoms with E-state index in [9.17, 15) is 4.79 Å². The van der Waals surface area contributed by atoms with Crippen LogP contribution in [0.2, 0.25) is 5.02 Å². The lowest BCUT2D eigenvalue weighted by Crippen LogP contribution is -2.27. The van der Waals surface area contributed by atoms with Gasteiger partial charge >= 0.3 is 0 Å². The predicted molar refractivity (Wildman–Crippen MR) is 99.1 cm³/mol. The van der Waals surface area contributed by atoms with E-state index in [0.717, 1.165) is 16.0 Å². The van der Waals surface area contributed by atoms with Crippen LogP contribution in [0.25, 0.3) is 6.08 Å². The molecule has 0 saturated heterocycles. The molecule has 1 aromatic carbocycles. The topological polar surface area (TPSA) is 29.1 Å². The summed E-state index contributed by atoms with van der Waals surface area (Å²) in [6.07, 6.45) is 3.39. The number of halogens is 1. The van der Waals surface area contributed by atoms with Crippen molar-refractivity contribution in [2.75, 3.05) is 0 Å². The first-order valence-corrected chi connectivity index (χ1v) is 9.22. The first-order chi connectivity index (χ1) is 11.2. The highest BCUT2D eigenvalue weighted by molar-refractivity contribution is 7.10. The van der Waals surface area contributed by atoms with Gasteiger partial charge < -0.3 is 5.32 Å². The Labute approximate surface area is 148 Å². The summed E-state index contributed by atoms with van der Waals surface area (Å²) in [5.41, 5.74) is 2.04. The smallest absolute Gasteiger partial charge is 0.244 e. The first kappa shape index (κ1) is 16.0. The van der Waals surface area contributed by atoms with Gasteiger partial charge in [-0.05, 0) is 57.6 Å². The zero-order valence-electron chi connectivity index (χ0n) is 12.1. The second-order valence-corrected chi connectivity index (χ2v) is 7.09. The minimum absolute atomic E-state index is 0.121. The zero-order valence-corrected chi connectivity index (χ0v) is 14.5. The molecule has 0 fully saturated rings. The van der Waals surface area contributed by atoms with Gasteiger partial charge in [-0.25, -0.2) is 0 Å². The molecule has 23 heavy (non-hydrogen) atoms. The van der Waals surface area contributed by atoms with E-state index >= 15 is 0 Å². The molecular formula is C18H14ClNOS2. The normalized spacial score (nSPS) is 12.4. The molecule has 0 spiro atoms. The number of amides is 1. The van der Waals surface area contributed by atoms with Crippen LogP contribution >= 0.6 is 34.3 Å². The molecule has 116 valence electrons.